The first-order valence-corrected chi connectivity index (χ1v) is 13.3. The topological polar surface area (TPSA) is 109 Å². The summed E-state index contributed by atoms with van der Waals surface area (Å²) in [5, 5.41) is 5.24. The van der Waals surface area contributed by atoms with E-state index in [0.717, 1.165) is 4.88 Å². The molecule has 4 heterocycles. The van der Waals surface area contributed by atoms with Crippen molar-refractivity contribution < 1.29 is 14.3 Å². The molecule has 4 aromatic heterocycles. The normalized spacial score (nSPS) is 11.5. The number of carbonyl (C=O) groups excluding carboxylic acids is 2. The van der Waals surface area contributed by atoms with Gasteiger partial charge in [-0.1, -0.05) is 32.4 Å². The molecule has 9 nitrogen and oxygen atoms in total. The highest BCUT2D eigenvalue weighted by atomic mass is 35.5. The van der Waals surface area contributed by atoms with Crippen LogP contribution in [0.2, 0.25) is 4.34 Å². The van der Waals surface area contributed by atoms with E-state index in [1.165, 1.54) is 64.4 Å². The molecule has 0 saturated carbocycles. The average molecular weight is 558 g/mol. The van der Waals surface area contributed by atoms with E-state index < -0.39 is 11.0 Å². The zero-order valence-corrected chi connectivity index (χ0v) is 23.0. The highest BCUT2D eigenvalue weighted by molar-refractivity contribution is 7.98. The number of nitrogens with zero attached hydrogens (tertiary/aromatic N) is 5. The summed E-state index contributed by atoms with van der Waals surface area (Å²) in [5.74, 6) is 0.149. The predicted molar refractivity (Wildman–Crippen MR) is 144 cm³/mol. The summed E-state index contributed by atoms with van der Waals surface area (Å²) < 4.78 is 8.64. The Kier molecular flexibility index (Phi) is 7.96. The van der Waals surface area contributed by atoms with Gasteiger partial charge >= 0.3 is 0 Å². The highest BCUT2D eigenvalue weighted by Crippen LogP contribution is 2.33. The molecule has 0 atom stereocenters. The summed E-state index contributed by atoms with van der Waals surface area (Å²) >= 11 is 9.01. The number of hydrogen-bond acceptors (Lipinski definition) is 9. The van der Waals surface area contributed by atoms with Crippen LogP contribution in [0.4, 0.5) is 0 Å². The zero-order valence-electron chi connectivity index (χ0n) is 20.6. The fourth-order valence-electron chi connectivity index (χ4n) is 3.35. The lowest BCUT2D eigenvalue weighted by atomic mass is 9.96. The first-order chi connectivity index (χ1) is 17.6. The Morgan fingerprint density at radius 2 is 1.89 bits per heavy atom. The van der Waals surface area contributed by atoms with Crippen molar-refractivity contribution in [1.82, 2.24) is 24.3 Å². The monoisotopic (exact) mass is 557 g/mol. The summed E-state index contributed by atoms with van der Waals surface area (Å²) in [4.78, 5) is 47.6. The van der Waals surface area contributed by atoms with Gasteiger partial charge in [-0.3, -0.25) is 14.4 Å². The van der Waals surface area contributed by atoms with Crippen molar-refractivity contribution in [2.45, 2.75) is 38.1 Å². The molecule has 192 valence electrons. The maximum Gasteiger partial charge on any atom is 0.293 e. The summed E-state index contributed by atoms with van der Waals surface area (Å²) in [6.45, 7) is 5.24. The predicted octanol–water partition coefficient (Wildman–Crippen LogP) is 5.09. The van der Waals surface area contributed by atoms with Gasteiger partial charge in [0.05, 0.1) is 29.2 Å². The molecule has 12 heteroatoms. The van der Waals surface area contributed by atoms with Gasteiger partial charge in [0.2, 0.25) is 0 Å². The molecule has 0 spiro atoms. The van der Waals surface area contributed by atoms with Crippen LogP contribution in [0.15, 0.2) is 59.0 Å². The SMILES string of the molecule is COc1cc(-c2cc(SCc3ccc(Cl)s3)n(C(=O)C(C)(C)C)n2)cn(CC(=O)c2cncnc2)c1=O. The van der Waals surface area contributed by atoms with Gasteiger partial charge in [0, 0.05) is 40.2 Å². The van der Waals surface area contributed by atoms with Crippen molar-refractivity contribution in [3.63, 3.8) is 0 Å². The van der Waals surface area contributed by atoms with E-state index in [4.69, 9.17) is 16.3 Å². The van der Waals surface area contributed by atoms with E-state index in [0.29, 0.717) is 26.4 Å². The Morgan fingerprint density at radius 1 is 1.16 bits per heavy atom. The summed E-state index contributed by atoms with van der Waals surface area (Å²) in [5.41, 5.74) is 0.129. The van der Waals surface area contributed by atoms with E-state index in [1.54, 1.807) is 12.1 Å². The largest absolute Gasteiger partial charge is 0.491 e. The van der Waals surface area contributed by atoms with Crippen molar-refractivity contribution in [3.8, 4) is 17.0 Å². The molecular weight excluding hydrogens is 534 g/mol. The van der Waals surface area contributed by atoms with Gasteiger partial charge in [0.1, 0.15) is 11.4 Å². The van der Waals surface area contributed by atoms with E-state index in [1.807, 2.05) is 32.9 Å². The minimum atomic E-state index is -0.675. The number of ketones is 1. The number of methoxy groups -OCH3 is 1. The lowest BCUT2D eigenvalue weighted by Crippen LogP contribution is -2.28. The number of hydrogen-bond donors (Lipinski definition) is 0. The molecule has 0 saturated heterocycles. The molecule has 4 rings (SSSR count). The standard InChI is InChI=1S/C25H24ClN5O4S2/c1-25(2,3)24(34)31-22(36-13-17-5-6-21(26)37-17)8-18(29-31)15-7-20(35-4)23(33)30(11-15)12-19(32)16-9-27-14-28-10-16/h5-11,14H,12-13H2,1-4H3. The second-order valence-electron chi connectivity index (χ2n) is 9.11. The molecule has 0 bridgehead atoms. The van der Waals surface area contributed by atoms with E-state index in [9.17, 15) is 14.4 Å². The number of carbonyl (C=O) groups is 2. The minimum absolute atomic E-state index is 0.0498. The van der Waals surface area contributed by atoms with Crippen LogP contribution in [-0.4, -0.2) is 43.1 Å². The quantitative estimate of drug-likeness (QED) is 0.218. The van der Waals surface area contributed by atoms with Gasteiger partial charge in [0.25, 0.3) is 11.5 Å². The van der Waals surface area contributed by atoms with E-state index in [2.05, 4.69) is 15.1 Å². The van der Waals surface area contributed by atoms with Crippen LogP contribution in [0.5, 0.6) is 5.75 Å². The van der Waals surface area contributed by atoms with Gasteiger partial charge < -0.3 is 9.30 Å². The molecule has 0 aliphatic heterocycles. The van der Waals surface area contributed by atoms with Gasteiger partial charge in [-0.2, -0.15) is 9.78 Å². The third-order valence-electron chi connectivity index (χ3n) is 5.27. The van der Waals surface area contributed by atoms with Crippen LogP contribution in [0.3, 0.4) is 0 Å². The van der Waals surface area contributed by atoms with Crippen molar-refractivity contribution in [2.75, 3.05) is 7.11 Å². The van der Waals surface area contributed by atoms with Gasteiger partial charge in [0.15, 0.2) is 11.5 Å². The third kappa shape index (κ3) is 6.17. The van der Waals surface area contributed by atoms with Gasteiger partial charge in [-0.25, -0.2) is 9.97 Å². The van der Waals surface area contributed by atoms with E-state index >= 15 is 0 Å². The average Bonchev–Trinajstić information content (AvgIpc) is 3.49. The molecule has 0 N–H and O–H groups in total. The molecule has 0 radical (unpaired) electrons. The van der Waals surface area contributed by atoms with Crippen molar-refractivity contribution in [2.24, 2.45) is 5.41 Å². The van der Waals surface area contributed by atoms with Crippen LogP contribution in [0, 0.1) is 5.41 Å². The second-order valence-corrected chi connectivity index (χ2v) is 11.9. The minimum Gasteiger partial charge on any atom is -0.491 e. The fourth-order valence-corrected chi connectivity index (χ4v) is 5.47. The van der Waals surface area contributed by atoms with Gasteiger partial charge in [-0.15, -0.1) is 23.1 Å². The van der Waals surface area contributed by atoms with Crippen LogP contribution < -0.4 is 10.3 Å². The Labute approximate surface area is 226 Å². The molecule has 0 unspecified atom stereocenters. The highest BCUT2D eigenvalue weighted by Gasteiger charge is 2.27. The van der Waals surface area contributed by atoms with Crippen LogP contribution in [0.1, 0.15) is 40.8 Å². The number of thioether (sulfide) groups is 1. The Bertz CT molecular complexity index is 1510. The molecule has 0 fully saturated rings. The molecule has 37 heavy (non-hydrogen) atoms. The molecule has 4 aromatic rings. The first kappa shape index (κ1) is 26.8. The summed E-state index contributed by atoms with van der Waals surface area (Å²) in [6, 6.07) is 7.13. The summed E-state index contributed by atoms with van der Waals surface area (Å²) in [6.07, 6.45) is 5.65. The van der Waals surface area contributed by atoms with Crippen molar-refractivity contribution in [3.05, 3.63) is 74.3 Å². The number of halogens is 1. The van der Waals surface area contributed by atoms with Crippen LogP contribution in [-0.2, 0) is 12.3 Å². The van der Waals surface area contributed by atoms with Gasteiger partial charge in [-0.05, 0) is 24.3 Å². The summed E-state index contributed by atoms with van der Waals surface area (Å²) in [7, 11) is 1.38. The lowest BCUT2D eigenvalue weighted by molar-refractivity contribution is 0.0736. The van der Waals surface area contributed by atoms with Crippen molar-refractivity contribution >= 4 is 46.4 Å². The molecule has 0 amide bonds. The van der Waals surface area contributed by atoms with Crippen LogP contribution >= 0.6 is 34.7 Å². The Morgan fingerprint density at radius 3 is 2.51 bits per heavy atom. The number of rotatable bonds is 8. The first-order valence-electron chi connectivity index (χ1n) is 11.2. The van der Waals surface area contributed by atoms with E-state index in [-0.39, 0.29) is 29.5 Å². The lowest BCUT2D eigenvalue weighted by Gasteiger charge is -2.17. The number of aromatic nitrogens is 5. The smallest absolute Gasteiger partial charge is 0.293 e. The number of ether oxygens (including phenoxy) is 1. The Balaban J connectivity index is 1.73. The Hall–Kier alpha value is -3.28. The molecular formula is C25H24ClN5O4S2. The number of Topliss-reactive ketones (excluding diaryl/α,β-unsaturated/α-hetero) is 1. The molecule has 0 aliphatic rings. The number of pyridine rings is 1. The third-order valence-corrected chi connectivity index (χ3v) is 7.72. The number of thiophene rings is 1. The zero-order chi connectivity index (χ0) is 26.7. The fraction of sp³-hybridized carbons (Fsp3) is 0.280. The molecule has 0 aromatic carbocycles. The second kappa shape index (κ2) is 11.0. The maximum atomic E-state index is 13.2. The maximum absolute atomic E-state index is 13.2. The van der Waals surface area contributed by atoms with Crippen LogP contribution in [0.25, 0.3) is 11.3 Å². The van der Waals surface area contributed by atoms with Crippen molar-refractivity contribution in [1.29, 1.82) is 0 Å². The molecule has 0 aliphatic carbocycles.